The van der Waals surface area contributed by atoms with E-state index in [2.05, 4.69) is 52.5 Å². The van der Waals surface area contributed by atoms with E-state index in [1.807, 2.05) is 24.3 Å². The van der Waals surface area contributed by atoms with Gasteiger partial charge in [-0.3, -0.25) is 24.0 Å². The van der Waals surface area contributed by atoms with Crippen molar-refractivity contribution in [2.24, 2.45) is 5.73 Å². The lowest BCUT2D eigenvalue weighted by Crippen LogP contribution is -2.54. The zero-order chi connectivity index (χ0) is 50.0. The van der Waals surface area contributed by atoms with Crippen LogP contribution in [-0.2, 0) is 71.7 Å². The fourth-order valence-corrected chi connectivity index (χ4v) is 7.52. The number of hydrogen-bond donors (Lipinski definition) is 8. The summed E-state index contributed by atoms with van der Waals surface area (Å²) in [4.78, 5) is 85.7. The molecule has 69 heavy (non-hydrogen) atoms. The number of hydrogen-bond acceptors (Lipinski definition) is 8. The van der Waals surface area contributed by atoms with Crippen molar-refractivity contribution in [3.05, 3.63) is 141 Å². The minimum absolute atomic E-state index is 0.0668. The molecule has 2 heterocycles. The third kappa shape index (κ3) is 14.2. The molecular weight excluding hydrogens is 982 g/mol. The second kappa shape index (κ2) is 22.3. The first-order chi connectivity index (χ1) is 32.6. The van der Waals surface area contributed by atoms with Gasteiger partial charge in [-0.05, 0) is 78.1 Å². The predicted molar refractivity (Wildman–Crippen MR) is 244 cm³/mol. The number of benzene rings is 4. The molecule has 364 valence electrons. The predicted octanol–water partition coefficient (Wildman–Crippen LogP) is 5.25. The smallest absolute Gasteiger partial charge is 0.416 e. The molecule has 15 nitrogen and oxygen atoms in total. The first-order valence-electron chi connectivity index (χ1n) is 21.1. The Bertz CT molecular complexity index is 2800. The summed E-state index contributed by atoms with van der Waals surface area (Å²) < 4.78 is 87.0. The molecule has 0 saturated heterocycles. The average molecular weight is 1030 g/mol. The number of aromatic amines is 2. The number of nitrogens with one attached hydrogen (secondary N) is 7. The third-order valence-corrected chi connectivity index (χ3v) is 11.3. The Balaban J connectivity index is 1.08. The van der Waals surface area contributed by atoms with Crippen molar-refractivity contribution in [1.29, 1.82) is 0 Å². The Hall–Kier alpha value is -7.20. The normalized spacial score (nSPS) is 13.5. The molecule has 9 N–H and O–H groups in total. The molecule has 22 heteroatoms. The van der Waals surface area contributed by atoms with Gasteiger partial charge in [0.2, 0.25) is 29.5 Å². The third-order valence-electron chi connectivity index (χ3n) is 10.8. The highest BCUT2D eigenvalue weighted by molar-refractivity contribution is 9.10. The van der Waals surface area contributed by atoms with E-state index in [1.165, 1.54) is 6.92 Å². The number of aromatic nitrogens is 2. The maximum Gasteiger partial charge on any atom is 0.416 e. The summed E-state index contributed by atoms with van der Waals surface area (Å²) in [6.45, 7) is -1.02. The number of alkyl halides is 6. The fourth-order valence-electron chi connectivity index (χ4n) is 7.25. The van der Waals surface area contributed by atoms with Crippen LogP contribution in [0.2, 0.25) is 0 Å². The van der Waals surface area contributed by atoms with E-state index in [9.17, 15) is 55.1 Å². The Labute approximate surface area is 397 Å². The summed E-state index contributed by atoms with van der Waals surface area (Å²) >= 11 is 3.33. The lowest BCUT2D eigenvalue weighted by atomic mass is 10.0. The van der Waals surface area contributed by atoms with E-state index in [1.54, 1.807) is 60.9 Å². The van der Waals surface area contributed by atoms with E-state index in [4.69, 9.17) is 10.5 Å². The summed E-state index contributed by atoms with van der Waals surface area (Å²) in [7, 11) is 0. The largest absolute Gasteiger partial charge is 0.459 e. The molecule has 5 amide bonds. The maximum absolute atomic E-state index is 13.6. The van der Waals surface area contributed by atoms with Gasteiger partial charge < -0.3 is 47.0 Å². The van der Waals surface area contributed by atoms with E-state index < -0.39 is 108 Å². The van der Waals surface area contributed by atoms with Crippen LogP contribution in [-0.4, -0.2) is 82.7 Å². The molecule has 0 bridgehead atoms. The van der Waals surface area contributed by atoms with E-state index >= 15 is 0 Å². The monoisotopic (exact) mass is 1030 g/mol. The van der Waals surface area contributed by atoms with Gasteiger partial charge in [0, 0.05) is 51.5 Å². The number of amides is 5. The Morgan fingerprint density at radius 1 is 0.623 bits per heavy atom. The zero-order valence-electron chi connectivity index (χ0n) is 36.4. The van der Waals surface area contributed by atoms with E-state index in [0.717, 1.165) is 20.9 Å². The van der Waals surface area contributed by atoms with Gasteiger partial charge in [0.1, 0.15) is 24.7 Å². The van der Waals surface area contributed by atoms with Crippen LogP contribution in [0, 0.1) is 0 Å². The molecule has 0 radical (unpaired) electrons. The first-order valence-corrected chi connectivity index (χ1v) is 21.9. The number of nitrogens with two attached hydrogens (primary N) is 1. The summed E-state index contributed by atoms with van der Waals surface area (Å²) in [5.74, 6) is -5.19. The Morgan fingerprint density at radius 2 is 1.13 bits per heavy atom. The van der Waals surface area contributed by atoms with E-state index in [0.29, 0.717) is 34.2 Å². The Morgan fingerprint density at radius 3 is 1.68 bits per heavy atom. The molecule has 4 aromatic carbocycles. The van der Waals surface area contributed by atoms with Crippen molar-refractivity contribution in [3.8, 4) is 0 Å². The number of rotatable bonds is 19. The number of fused-ring (bicyclic) bond motifs is 2. The quantitative estimate of drug-likeness (QED) is 0.0394. The molecule has 0 saturated carbocycles. The Kier molecular flexibility index (Phi) is 16.5. The summed E-state index contributed by atoms with van der Waals surface area (Å²) in [6.07, 6.45) is -7.19. The lowest BCUT2D eigenvalue weighted by molar-refractivity contribution is -0.149. The van der Waals surface area contributed by atoms with Gasteiger partial charge in [0.15, 0.2) is 0 Å². The maximum atomic E-state index is 13.6. The molecule has 0 aliphatic heterocycles. The van der Waals surface area contributed by atoms with Gasteiger partial charge in [-0.25, -0.2) is 4.79 Å². The molecule has 6 aromatic rings. The molecule has 0 unspecified atom stereocenters. The summed E-state index contributed by atoms with van der Waals surface area (Å²) in [6, 6.07) is 16.8. The van der Waals surface area contributed by atoms with Crippen LogP contribution in [0.3, 0.4) is 0 Å². The summed E-state index contributed by atoms with van der Waals surface area (Å²) in [5.41, 5.74) is 5.70. The van der Waals surface area contributed by atoms with Gasteiger partial charge in [-0.2, -0.15) is 26.3 Å². The van der Waals surface area contributed by atoms with Crippen LogP contribution >= 0.6 is 15.9 Å². The highest BCUT2D eigenvalue weighted by Crippen LogP contribution is 2.36. The van der Waals surface area contributed by atoms with Crippen molar-refractivity contribution < 1.29 is 59.8 Å². The van der Waals surface area contributed by atoms with Gasteiger partial charge in [-0.15, -0.1) is 0 Å². The highest BCUT2D eigenvalue weighted by Gasteiger charge is 2.37. The highest BCUT2D eigenvalue weighted by atomic mass is 79.9. The molecule has 2 aromatic heterocycles. The van der Waals surface area contributed by atoms with Gasteiger partial charge in [0.25, 0.3) is 0 Å². The lowest BCUT2D eigenvalue weighted by Gasteiger charge is -2.21. The standard InChI is InChI=1S/C47H45BrF6N8O7/c1-25(60-43(66)35(55)17-28-20-56-36-8-4-2-6-33(28)36)42(65)58-22-40(63)61-38(16-26-10-12-32(48)13-11-26)44(67)59-23-41(64)62-39(18-29-21-57-37-9-5-3-7-34(29)37)45(68)69-24-27-14-30(46(49,50)51)19-31(15-27)47(52,53)54/h2-15,19-21,25,35,38-39,56-57H,16-18,22-24,55H2,1H3,(H,58,65)(H,59,67)(H,60,66)(H,61,63)(H,62,64)/t25-,35+,38+,39+/m1/s1. The zero-order valence-corrected chi connectivity index (χ0v) is 38.0. The van der Waals surface area contributed by atoms with Gasteiger partial charge in [0.05, 0.1) is 30.3 Å². The number of halogens is 7. The molecular formula is C47H45BrF6N8O7. The fraction of sp³-hybridized carbons (Fsp3) is 0.277. The molecule has 6 rings (SSSR count). The topological polar surface area (TPSA) is 229 Å². The van der Waals surface area contributed by atoms with Gasteiger partial charge >= 0.3 is 18.3 Å². The molecule has 0 aliphatic carbocycles. The molecule has 0 spiro atoms. The molecule has 0 aliphatic rings. The van der Waals surface area contributed by atoms with Crippen LogP contribution in [0.1, 0.15) is 40.3 Å². The summed E-state index contributed by atoms with van der Waals surface area (Å²) in [5, 5.41) is 13.8. The van der Waals surface area contributed by atoms with Crippen LogP contribution in [0.4, 0.5) is 26.3 Å². The molecule has 4 atom stereocenters. The number of ether oxygens (including phenoxy) is 1. The SMILES string of the molecule is C[C@@H](NC(=O)[C@@H](N)Cc1c[nH]c2ccccc12)C(=O)NCC(=O)N[C@@H](Cc1ccc(Br)cc1)C(=O)NCC(=O)N[C@@H](Cc1c[nH]c2ccccc12)C(=O)OCc1cc(C(F)(F)F)cc(C(F)(F)F)c1. The van der Waals surface area contributed by atoms with E-state index in [-0.39, 0.29) is 25.3 Å². The molecule has 0 fully saturated rings. The minimum atomic E-state index is -5.15. The van der Waals surface area contributed by atoms with Crippen molar-refractivity contribution in [2.45, 2.75) is 69.3 Å². The van der Waals surface area contributed by atoms with Crippen LogP contribution in [0.5, 0.6) is 0 Å². The van der Waals surface area contributed by atoms with Crippen molar-refractivity contribution >= 4 is 73.2 Å². The number of H-pyrrole nitrogens is 2. The van der Waals surface area contributed by atoms with Crippen molar-refractivity contribution in [3.63, 3.8) is 0 Å². The second-order valence-electron chi connectivity index (χ2n) is 16.0. The number of carbonyl (C=O) groups is 6. The second-order valence-corrected chi connectivity index (χ2v) is 16.9. The van der Waals surface area contributed by atoms with Crippen LogP contribution < -0.4 is 32.3 Å². The minimum Gasteiger partial charge on any atom is -0.459 e. The van der Waals surface area contributed by atoms with Crippen LogP contribution in [0.25, 0.3) is 21.8 Å². The number of carbonyl (C=O) groups excluding carboxylic acids is 6. The van der Waals surface area contributed by atoms with Gasteiger partial charge in [-0.1, -0.05) is 64.5 Å². The van der Waals surface area contributed by atoms with Crippen molar-refractivity contribution in [1.82, 2.24) is 36.6 Å². The number of para-hydroxylation sites is 2. The van der Waals surface area contributed by atoms with Crippen molar-refractivity contribution in [2.75, 3.05) is 13.1 Å². The first kappa shape index (κ1) is 51.2. The van der Waals surface area contributed by atoms with Crippen LogP contribution in [0.15, 0.2) is 108 Å². The number of esters is 1. The average Bonchev–Trinajstić information content (AvgIpc) is 3.92.